The van der Waals surface area contributed by atoms with Crippen LogP contribution in [0.2, 0.25) is 0 Å². The molecule has 12 heteroatoms. The lowest BCUT2D eigenvalue weighted by molar-refractivity contribution is 0.667. The molecule has 0 unspecified atom stereocenters. The molecule has 0 saturated carbocycles. The summed E-state index contributed by atoms with van der Waals surface area (Å²) in [5.74, 6) is -0.162. The Bertz CT molecular complexity index is 2330. The largest absolute Gasteiger partial charge is 0.635 e. The Labute approximate surface area is 288 Å². The summed E-state index contributed by atoms with van der Waals surface area (Å²) in [5, 5.41) is 19.5. The molecule has 0 fully saturated rings. The van der Waals surface area contributed by atoms with Crippen LogP contribution in [0.15, 0.2) is 46.4 Å². The Balaban J connectivity index is 1.19. The van der Waals surface area contributed by atoms with Gasteiger partial charge in [-0.25, -0.2) is 14.7 Å². The molecule has 6 aromatic rings. The van der Waals surface area contributed by atoms with Crippen LogP contribution >= 0.6 is 68.0 Å². The maximum absolute atomic E-state index is 9.10. The highest BCUT2D eigenvalue weighted by atomic mass is 32.1. The molecule has 2 aliphatic carbocycles. The molecule has 0 bridgehead atoms. The Morgan fingerprint density at radius 1 is 0.630 bits per heavy atom. The molecular weight excluding hydrogens is 685 g/mol. The Hall–Kier alpha value is -4.24. The second-order valence-electron chi connectivity index (χ2n) is 11.8. The van der Waals surface area contributed by atoms with Gasteiger partial charge in [-0.05, 0) is 65.7 Å². The van der Waals surface area contributed by atoms with Gasteiger partial charge < -0.3 is 0 Å². The van der Waals surface area contributed by atoms with Crippen LogP contribution in [0.4, 0.5) is 10.0 Å². The molecule has 0 spiro atoms. The number of nitriles is 2. The van der Waals surface area contributed by atoms with E-state index in [0.717, 1.165) is 9.75 Å². The standard InChI is InChI=1S/C34H18N6S6/c1-33(2)16-11-20(18-7-9-22(41-18)39-15(13-35)14-36)43-26(16)28-24(33)30-31(45-28)25-29(46-30)27-17(34(25,3)4)12-21(44-27)19-8-10-23(42-19)40-32(37-5)38-6/h7-12H,1-4H3. The van der Waals surface area contributed by atoms with Gasteiger partial charge >= 0.3 is 5.96 Å². The summed E-state index contributed by atoms with van der Waals surface area (Å²) >= 11 is 10.5. The van der Waals surface area contributed by atoms with Gasteiger partial charge in [0.15, 0.2) is 0 Å². The zero-order valence-corrected chi connectivity index (χ0v) is 29.5. The van der Waals surface area contributed by atoms with E-state index in [4.69, 9.17) is 23.7 Å². The first kappa shape index (κ1) is 29.2. The van der Waals surface area contributed by atoms with Gasteiger partial charge in [-0.3, -0.25) is 0 Å². The van der Waals surface area contributed by atoms with Crippen LogP contribution in [0.25, 0.3) is 58.1 Å². The summed E-state index contributed by atoms with van der Waals surface area (Å²) in [6, 6.07) is 16.2. The van der Waals surface area contributed by atoms with Crippen molar-refractivity contribution in [2.75, 3.05) is 0 Å². The van der Waals surface area contributed by atoms with E-state index < -0.39 is 0 Å². The highest BCUT2D eigenvalue weighted by molar-refractivity contribution is 7.35. The number of thiophene rings is 6. The van der Waals surface area contributed by atoms with Crippen LogP contribution in [-0.2, 0) is 10.8 Å². The minimum atomic E-state index is -0.162. The Morgan fingerprint density at radius 3 is 1.52 bits per heavy atom. The minimum Gasteiger partial charge on any atom is -0.236 e. The number of fused-ring (bicyclic) bond motifs is 9. The summed E-state index contributed by atoms with van der Waals surface area (Å²) in [6.07, 6.45) is 0. The van der Waals surface area contributed by atoms with E-state index in [1.165, 1.54) is 83.6 Å². The number of nitrogens with zero attached hydrogens (tertiary/aromatic N) is 6. The molecule has 0 aromatic carbocycles. The second kappa shape index (κ2) is 10.1. The Kier molecular flexibility index (Phi) is 6.43. The van der Waals surface area contributed by atoms with Crippen molar-refractivity contribution in [3.8, 4) is 51.2 Å². The average molecular weight is 703 g/mol. The first-order valence-electron chi connectivity index (χ1n) is 13.9. The summed E-state index contributed by atoms with van der Waals surface area (Å²) in [4.78, 5) is 24.8. The van der Waals surface area contributed by atoms with Crippen molar-refractivity contribution in [1.82, 2.24) is 0 Å². The third-order valence-corrected chi connectivity index (χ3v) is 16.0. The van der Waals surface area contributed by atoms with Gasteiger partial charge in [0.2, 0.25) is 5.71 Å². The molecule has 0 N–H and O–H groups in total. The third-order valence-electron chi connectivity index (χ3n) is 8.51. The maximum atomic E-state index is 9.10. The predicted octanol–water partition coefficient (Wildman–Crippen LogP) is 12.1. The van der Waals surface area contributed by atoms with E-state index >= 15 is 0 Å². The van der Waals surface area contributed by atoms with Gasteiger partial charge in [-0.15, -0.1) is 56.7 Å². The zero-order chi connectivity index (χ0) is 32.1. The lowest BCUT2D eigenvalue weighted by Crippen LogP contribution is -2.15. The first-order chi connectivity index (χ1) is 22.1. The van der Waals surface area contributed by atoms with Crippen molar-refractivity contribution < 1.29 is 0 Å². The van der Waals surface area contributed by atoms with Crippen LogP contribution in [0.1, 0.15) is 49.9 Å². The molecule has 0 saturated heterocycles. The number of hydrogen-bond donors (Lipinski definition) is 0. The normalized spacial score (nSPS) is 14.3. The lowest BCUT2D eigenvalue weighted by Gasteiger charge is -2.20. The van der Waals surface area contributed by atoms with E-state index in [-0.39, 0.29) is 22.5 Å². The topological polar surface area (TPSA) is 81.0 Å². The molecule has 0 radical (unpaired) electrons. The van der Waals surface area contributed by atoms with Crippen LogP contribution in [-0.4, -0.2) is 11.7 Å². The van der Waals surface area contributed by atoms with Gasteiger partial charge in [-0.2, -0.15) is 10.5 Å². The van der Waals surface area contributed by atoms with E-state index in [2.05, 4.69) is 59.5 Å². The molecule has 6 heterocycles. The fourth-order valence-electron chi connectivity index (χ4n) is 6.35. The van der Waals surface area contributed by atoms with Crippen LogP contribution < -0.4 is 0 Å². The van der Waals surface area contributed by atoms with Crippen molar-refractivity contribution in [3.05, 3.63) is 81.5 Å². The molecule has 2 aliphatic rings. The van der Waals surface area contributed by atoms with Gasteiger partial charge in [0, 0.05) is 51.2 Å². The number of rotatable bonds is 4. The van der Waals surface area contributed by atoms with Gasteiger partial charge in [-0.1, -0.05) is 39.0 Å². The van der Waals surface area contributed by atoms with Crippen molar-refractivity contribution in [1.29, 1.82) is 10.5 Å². The average Bonchev–Trinajstić information content (AvgIpc) is 3.87. The second-order valence-corrected chi connectivity index (χ2v) is 18.1. The first-order valence-corrected chi connectivity index (χ1v) is 18.8. The van der Waals surface area contributed by atoms with Crippen molar-refractivity contribution in [2.45, 2.75) is 38.5 Å². The van der Waals surface area contributed by atoms with Gasteiger partial charge in [0.25, 0.3) is 5.00 Å². The minimum absolute atomic E-state index is 0.133. The van der Waals surface area contributed by atoms with Gasteiger partial charge in [0.05, 0.1) is 19.2 Å². The molecule has 6 aromatic heterocycles. The van der Waals surface area contributed by atoms with Crippen molar-refractivity contribution >= 4 is 99.1 Å². The molecule has 220 valence electrons. The third kappa shape index (κ3) is 4.03. The molecule has 8 rings (SSSR count). The molecule has 46 heavy (non-hydrogen) atoms. The molecule has 0 atom stereocenters. The number of hydrogen-bond acceptors (Lipinski definition) is 10. The van der Waals surface area contributed by atoms with Crippen LogP contribution in [0, 0.1) is 35.8 Å². The van der Waals surface area contributed by atoms with E-state index in [9.17, 15) is 0 Å². The predicted molar refractivity (Wildman–Crippen MR) is 196 cm³/mol. The molecular formula is C34H18N6S6. The lowest BCUT2D eigenvalue weighted by atomic mass is 9.82. The summed E-state index contributed by atoms with van der Waals surface area (Å²) in [6.45, 7) is 23.6. The fourth-order valence-corrected chi connectivity index (χ4v) is 14.7. The number of aliphatic imine (C=N–C) groups is 2. The summed E-state index contributed by atoms with van der Waals surface area (Å²) in [7, 11) is 0. The summed E-state index contributed by atoms with van der Waals surface area (Å²) in [5.41, 5.74) is 5.18. The Morgan fingerprint density at radius 2 is 1.09 bits per heavy atom. The van der Waals surface area contributed by atoms with Crippen LogP contribution in [0.3, 0.4) is 0 Å². The smallest absolute Gasteiger partial charge is 0.236 e. The fraction of sp³-hybridized carbons (Fsp3) is 0.176. The highest BCUT2D eigenvalue weighted by Crippen LogP contribution is 2.66. The highest BCUT2D eigenvalue weighted by Gasteiger charge is 2.46. The van der Waals surface area contributed by atoms with E-state index in [1.807, 2.05) is 81.8 Å². The quantitative estimate of drug-likeness (QED) is 0.104. The molecule has 6 nitrogen and oxygen atoms in total. The SMILES string of the molecule is [C-]#[N+]C(=Nc1ccc(-c2cc3c(s2)-c2sc4c5c(sc4c2C3(C)C)-c2sc(-c3ccc(N=C(C#N)C#N)s3)cc2C5(C)C)s1)[N+]#[C-]. The monoisotopic (exact) mass is 702 g/mol. The number of guanidine groups is 1. The zero-order valence-electron chi connectivity index (χ0n) is 24.6. The van der Waals surface area contributed by atoms with E-state index in [0.29, 0.717) is 10.0 Å². The van der Waals surface area contributed by atoms with E-state index in [1.54, 1.807) is 0 Å². The molecule has 0 aliphatic heterocycles. The van der Waals surface area contributed by atoms with Crippen molar-refractivity contribution in [2.24, 2.45) is 9.98 Å². The van der Waals surface area contributed by atoms with Crippen molar-refractivity contribution in [3.63, 3.8) is 0 Å². The summed E-state index contributed by atoms with van der Waals surface area (Å²) < 4.78 is 2.81. The maximum Gasteiger partial charge on any atom is 0.635 e. The molecule has 0 amide bonds. The van der Waals surface area contributed by atoms with Gasteiger partial charge in [0.1, 0.15) is 17.1 Å². The van der Waals surface area contributed by atoms with Crippen LogP contribution in [0.5, 0.6) is 0 Å².